The molecule has 2 atom stereocenters. The molecular formula is C10H23NO. The summed E-state index contributed by atoms with van der Waals surface area (Å²) in [5.74, 6) is 0. The first-order chi connectivity index (χ1) is 5.70. The van der Waals surface area contributed by atoms with Crippen molar-refractivity contribution in [2.75, 3.05) is 6.54 Å². The lowest BCUT2D eigenvalue weighted by atomic mass is 10.1. The lowest BCUT2D eigenvalue weighted by Crippen LogP contribution is -2.33. The van der Waals surface area contributed by atoms with Crippen molar-refractivity contribution in [2.24, 2.45) is 0 Å². The largest absolute Gasteiger partial charge is 0.392 e. The van der Waals surface area contributed by atoms with Crippen LogP contribution in [0.4, 0.5) is 0 Å². The molecule has 2 N–H and O–H groups in total. The molecule has 0 rings (SSSR count). The first-order valence-electron chi connectivity index (χ1n) is 5.12. The Morgan fingerprint density at radius 3 is 2.25 bits per heavy atom. The minimum absolute atomic E-state index is 0.158. The molecular weight excluding hydrogens is 150 g/mol. The predicted molar refractivity (Wildman–Crippen MR) is 53.3 cm³/mol. The third-order valence-corrected chi connectivity index (χ3v) is 2.05. The number of aliphatic hydroxyl groups is 1. The van der Waals surface area contributed by atoms with Crippen LogP contribution in [0.15, 0.2) is 0 Å². The van der Waals surface area contributed by atoms with Crippen molar-refractivity contribution >= 4 is 0 Å². The van der Waals surface area contributed by atoms with E-state index in [4.69, 9.17) is 0 Å². The van der Waals surface area contributed by atoms with E-state index in [-0.39, 0.29) is 6.10 Å². The molecule has 2 nitrogen and oxygen atoms in total. The summed E-state index contributed by atoms with van der Waals surface area (Å²) in [5.41, 5.74) is 0. The van der Waals surface area contributed by atoms with Crippen molar-refractivity contribution in [1.82, 2.24) is 5.32 Å². The van der Waals surface area contributed by atoms with Crippen LogP contribution in [0.5, 0.6) is 0 Å². The van der Waals surface area contributed by atoms with Crippen LogP contribution < -0.4 is 5.32 Å². The van der Waals surface area contributed by atoms with E-state index >= 15 is 0 Å². The Hall–Kier alpha value is -0.0800. The zero-order valence-electron chi connectivity index (χ0n) is 8.64. The summed E-state index contributed by atoms with van der Waals surface area (Å²) in [4.78, 5) is 0. The van der Waals surface area contributed by atoms with E-state index in [0.717, 1.165) is 19.4 Å². The Labute approximate surface area is 76.4 Å². The van der Waals surface area contributed by atoms with E-state index < -0.39 is 0 Å². The Kier molecular flexibility index (Phi) is 7.51. The van der Waals surface area contributed by atoms with Crippen molar-refractivity contribution in [2.45, 2.75) is 58.6 Å². The van der Waals surface area contributed by atoms with Gasteiger partial charge in [-0.15, -0.1) is 0 Å². The van der Waals surface area contributed by atoms with E-state index in [0.29, 0.717) is 6.04 Å². The molecule has 2 unspecified atom stereocenters. The van der Waals surface area contributed by atoms with Gasteiger partial charge in [0.25, 0.3) is 0 Å². The molecule has 0 amide bonds. The maximum Gasteiger partial charge on any atom is 0.0664 e. The highest BCUT2D eigenvalue weighted by Gasteiger charge is 2.04. The van der Waals surface area contributed by atoms with Crippen LogP contribution in [-0.2, 0) is 0 Å². The molecule has 12 heavy (non-hydrogen) atoms. The molecule has 0 radical (unpaired) electrons. The van der Waals surface area contributed by atoms with Crippen molar-refractivity contribution < 1.29 is 5.11 Å². The first-order valence-corrected chi connectivity index (χ1v) is 5.12. The third kappa shape index (κ3) is 6.62. The molecule has 2 heteroatoms. The average molecular weight is 173 g/mol. The van der Waals surface area contributed by atoms with Crippen LogP contribution in [0.25, 0.3) is 0 Å². The van der Waals surface area contributed by atoms with Gasteiger partial charge in [-0.1, -0.05) is 26.7 Å². The summed E-state index contributed by atoms with van der Waals surface area (Å²) in [5, 5.41) is 12.7. The SMILES string of the molecule is CCCC(O)CNC(C)CCC. The second kappa shape index (κ2) is 7.56. The molecule has 0 aliphatic heterocycles. The number of aliphatic hydroxyl groups excluding tert-OH is 1. The Bertz CT molecular complexity index is 83.8. The second-order valence-corrected chi connectivity index (χ2v) is 3.54. The highest BCUT2D eigenvalue weighted by atomic mass is 16.3. The quantitative estimate of drug-likeness (QED) is 0.616. The van der Waals surface area contributed by atoms with Crippen molar-refractivity contribution in [3.63, 3.8) is 0 Å². The van der Waals surface area contributed by atoms with Crippen LogP contribution in [0.2, 0.25) is 0 Å². The van der Waals surface area contributed by atoms with Gasteiger partial charge < -0.3 is 10.4 Å². The van der Waals surface area contributed by atoms with Crippen LogP contribution in [0, 0.1) is 0 Å². The fourth-order valence-corrected chi connectivity index (χ4v) is 1.31. The minimum Gasteiger partial charge on any atom is -0.392 e. The van der Waals surface area contributed by atoms with Gasteiger partial charge in [-0.05, 0) is 19.8 Å². The summed E-state index contributed by atoms with van der Waals surface area (Å²) in [6.07, 6.45) is 4.21. The van der Waals surface area contributed by atoms with Crippen LogP contribution in [0.1, 0.15) is 46.5 Å². The molecule has 0 saturated heterocycles. The molecule has 0 aromatic rings. The Balaban J connectivity index is 3.27. The van der Waals surface area contributed by atoms with E-state index in [1.54, 1.807) is 0 Å². The van der Waals surface area contributed by atoms with E-state index in [2.05, 4.69) is 26.1 Å². The van der Waals surface area contributed by atoms with Gasteiger partial charge in [0.1, 0.15) is 0 Å². The first kappa shape index (κ1) is 11.9. The Morgan fingerprint density at radius 1 is 1.17 bits per heavy atom. The van der Waals surface area contributed by atoms with Gasteiger partial charge >= 0.3 is 0 Å². The molecule has 0 fully saturated rings. The molecule has 0 saturated carbocycles. The molecule has 0 spiro atoms. The van der Waals surface area contributed by atoms with Crippen molar-refractivity contribution in [1.29, 1.82) is 0 Å². The minimum atomic E-state index is -0.158. The maximum atomic E-state index is 9.40. The summed E-state index contributed by atoms with van der Waals surface area (Å²) in [7, 11) is 0. The molecule has 74 valence electrons. The zero-order valence-corrected chi connectivity index (χ0v) is 8.64. The Morgan fingerprint density at radius 2 is 1.75 bits per heavy atom. The fraction of sp³-hybridized carbons (Fsp3) is 1.00. The fourth-order valence-electron chi connectivity index (χ4n) is 1.31. The molecule has 0 aromatic carbocycles. The highest BCUT2D eigenvalue weighted by molar-refractivity contribution is 4.64. The smallest absolute Gasteiger partial charge is 0.0664 e. The molecule has 0 bridgehead atoms. The van der Waals surface area contributed by atoms with Gasteiger partial charge in [0.2, 0.25) is 0 Å². The van der Waals surface area contributed by atoms with Gasteiger partial charge in [-0.25, -0.2) is 0 Å². The molecule has 0 aromatic heterocycles. The predicted octanol–water partition coefficient (Wildman–Crippen LogP) is 1.93. The third-order valence-electron chi connectivity index (χ3n) is 2.05. The van der Waals surface area contributed by atoms with E-state index in [1.807, 2.05) is 0 Å². The maximum absolute atomic E-state index is 9.40. The van der Waals surface area contributed by atoms with Crippen LogP contribution >= 0.6 is 0 Å². The van der Waals surface area contributed by atoms with Gasteiger partial charge in [0, 0.05) is 12.6 Å². The summed E-state index contributed by atoms with van der Waals surface area (Å²) in [6.45, 7) is 7.19. The van der Waals surface area contributed by atoms with E-state index in [1.165, 1.54) is 12.8 Å². The number of rotatable bonds is 7. The number of hydrogen-bond acceptors (Lipinski definition) is 2. The average Bonchev–Trinajstić information content (AvgIpc) is 2.02. The topological polar surface area (TPSA) is 32.3 Å². The normalized spacial score (nSPS) is 16.0. The summed E-state index contributed by atoms with van der Waals surface area (Å²) < 4.78 is 0. The van der Waals surface area contributed by atoms with Crippen molar-refractivity contribution in [3.8, 4) is 0 Å². The van der Waals surface area contributed by atoms with Gasteiger partial charge in [-0.3, -0.25) is 0 Å². The summed E-state index contributed by atoms with van der Waals surface area (Å²) in [6, 6.07) is 0.543. The second-order valence-electron chi connectivity index (χ2n) is 3.54. The van der Waals surface area contributed by atoms with E-state index in [9.17, 15) is 5.11 Å². The van der Waals surface area contributed by atoms with Gasteiger partial charge in [-0.2, -0.15) is 0 Å². The van der Waals surface area contributed by atoms with Gasteiger partial charge in [0.15, 0.2) is 0 Å². The molecule has 0 heterocycles. The zero-order chi connectivity index (χ0) is 9.40. The lowest BCUT2D eigenvalue weighted by molar-refractivity contribution is 0.156. The highest BCUT2D eigenvalue weighted by Crippen LogP contribution is 1.97. The lowest BCUT2D eigenvalue weighted by Gasteiger charge is -2.15. The standard InChI is InChI=1S/C10H23NO/c1-4-6-9(3)11-8-10(12)7-5-2/h9-12H,4-8H2,1-3H3. The molecule has 0 aliphatic carbocycles. The number of nitrogens with one attached hydrogen (secondary N) is 1. The number of hydrogen-bond donors (Lipinski definition) is 2. The van der Waals surface area contributed by atoms with Crippen molar-refractivity contribution in [3.05, 3.63) is 0 Å². The van der Waals surface area contributed by atoms with Gasteiger partial charge in [0.05, 0.1) is 6.10 Å². The monoisotopic (exact) mass is 173 g/mol. The van der Waals surface area contributed by atoms with Crippen LogP contribution in [-0.4, -0.2) is 23.8 Å². The van der Waals surface area contributed by atoms with Crippen LogP contribution in [0.3, 0.4) is 0 Å². The summed E-state index contributed by atoms with van der Waals surface area (Å²) >= 11 is 0. The molecule has 0 aliphatic rings.